The SMILES string of the molecule is COc1cc(C2C(C(=O)c3sc(C)nc3C)=C(O)C(=O)N2CCCN2CCOCC2)cc(Br)c1O. The van der Waals surface area contributed by atoms with Crippen LogP contribution in [-0.4, -0.2) is 83.2 Å². The van der Waals surface area contributed by atoms with Crippen molar-refractivity contribution in [2.75, 3.05) is 46.5 Å². The number of methoxy groups -OCH3 is 1. The summed E-state index contributed by atoms with van der Waals surface area (Å²) in [6.45, 7) is 7.67. The van der Waals surface area contributed by atoms with Gasteiger partial charge in [0.25, 0.3) is 5.91 Å². The van der Waals surface area contributed by atoms with Crippen molar-refractivity contribution >= 4 is 39.0 Å². The number of rotatable bonds is 8. The summed E-state index contributed by atoms with van der Waals surface area (Å²) in [4.78, 5) is 35.4. The smallest absolute Gasteiger partial charge is 0.290 e. The summed E-state index contributed by atoms with van der Waals surface area (Å²) < 4.78 is 11.1. The van der Waals surface area contributed by atoms with Gasteiger partial charge in [0.05, 0.1) is 52.0 Å². The second kappa shape index (κ2) is 10.7. The van der Waals surface area contributed by atoms with Gasteiger partial charge in [0.1, 0.15) is 0 Å². The summed E-state index contributed by atoms with van der Waals surface area (Å²) in [5.74, 6) is -1.47. The van der Waals surface area contributed by atoms with Gasteiger partial charge in [-0.1, -0.05) is 0 Å². The first kappa shape index (κ1) is 25.6. The molecule has 1 fully saturated rings. The summed E-state index contributed by atoms with van der Waals surface area (Å²) in [5, 5.41) is 22.0. The van der Waals surface area contributed by atoms with Crippen LogP contribution in [-0.2, 0) is 9.53 Å². The summed E-state index contributed by atoms with van der Waals surface area (Å²) in [6.07, 6.45) is 0.659. The second-order valence-corrected chi connectivity index (χ2v) is 10.6. The predicted octanol–water partition coefficient (Wildman–Crippen LogP) is 3.54. The predicted molar refractivity (Wildman–Crippen MR) is 134 cm³/mol. The Morgan fingerprint density at radius 3 is 2.60 bits per heavy atom. The molecule has 2 N–H and O–H groups in total. The van der Waals surface area contributed by atoms with Gasteiger partial charge < -0.3 is 24.6 Å². The molecule has 2 aliphatic heterocycles. The molecule has 1 saturated heterocycles. The number of phenols is 1. The molecule has 2 aromatic rings. The number of aliphatic hydroxyl groups is 1. The zero-order valence-corrected chi connectivity index (χ0v) is 22.2. The van der Waals surface area contributed by atoms with Crippen LogP contribution in [0.3, 0.4) is 0 Å². The number of nitrogens with zero attached hydrogens (tertiary/aromatic N) is 3. The lowest BCUT2D eigenvalue weighted by Gasteiger charge is -2.30. The number of hydrogen-bond acceptors (Lipinski definition) is 9. The molecule has 2 aliphatic rings. The third-order valence-electron chi connectivity index (χ3n) is 6.22. The van der Waals surface area contributed by atoms with Gasteiger partial charge in [-0.05, 0) is 53.9 Å². The van der Waals surface area contributed by atoms with E-state index in [2.05, 4.69) is 25.8 Å². The van der Waals surface area contributed by atoms with E-state index in [1.165, 1.54) is 23.3 Å². The normalized spacial score (nSPS) is 19.0. The number of aliphatic hydroxyl groups excluding tert-OH is 1. The number of aromatic nitrogens is 1. The van der Waals surface area contributed by atoms with E-state index in [1.54, 1.807) is 26.0 Å². The van der Waals surface area contributed by atoms with Crippen molar-refractivity contribution in [2.45, 2.75) is 26.3 Å². The highest BCUT2D eigenvalue weighted by Crippen LogP contribution is 2.44. The van der Waals surface area contributed by atoms with E-state index in [-0.39, 0.29) is 17.1 Å². The molecular formula is C24H28BrN3O6S. The summed E-state index contributed by atoms with van der Waals surface area (Å²) in [5.41, 5.74) is 1.10. The topological polar surface area (TPSA) is 112 Å². The van der Waals surface area contributed by atoms with Crippen molar-refractivity contribution in [3.63, 3.8) is 0 Å². The van der Waals surface area contributed by atoms with Gasteiger partial charge in [-0.2, -0.15) is 0 Å². The molecule has 1 aromatic carbocycles. The molecule has 1 unspecified atom stereocenters. The van der Waals surface area contributed by atoms with Gasteiger partial charge in [-0.25, -0.2) is 4.98 Å². The van der Waals surface area contributed by atoms with Crippen LogP contribution in [0.1, 0.15) is 38.4 Å². The van der Waals surface area contributed by atoms with Gasteiger partial charge in [-0.15, -0.1) is 11.3 Å². The summed E-state index contributed by atoms with van der Waals surface area (Å²) in [6, 6.07) is 2.39. The first-order valence-corrected chi connectivity index (χ1v) is 12.9. The van der Waals surface area contributed by atoms with Crippen LogP contribution in [0.4, 0.5) is 0 Å². The van der Waals surface area contributed by atoms with E-state index in [9.17, 15) is 19.8 Å². The summed E-state index contributed by atoms with van der Waals surface area (Å²) in [7, 11) is 1.42. The van der Waals surface area contributed by atoms with Crippen LogP contribution < -0.4 is 4.74 Å². The number of carbonyl (C=O) groups is 2. The van der Waals surface area contributed by atoms with E-state index in [0.717, 1.165) is 24.6 Å². The van der Waals surface area contributed by atoms with Crippen LogP contribution in [0.5, 0.6) is 11.5 Å². The molecule has 0 spiro atoms. The number of phenolic OH excluding ortho intramolecular Hbond substituents is 1. The number of benzene rings is 1. The van der Waals surface area contributed by atoms with Crippen molar-refractivity contribution in [3.05, 3.63) is 49.1 Å². The zero-order valence-electron chi connectivity index (χ0n) is 19.8. The number of thiazole rings is 1. The third kappa shape index (κ3) is 5.09. The van der Waals surface area contributed by atoms with Crippen LogP contribution >= 0.6 is 27.3 Å². The Morgan fingerprint density at radius 2 is 1.97 bits per heavy atom. The Kier molecular flexibility index (Phi) is 7.80. The van der Waals surface area contributed by atoms with E-state index in [4.69, 9.17) is 9.47 Å². The highest BCUT2D eigenvalue weighted by molar-refractivity contribution is 9.10. The monoisotopic (exact) mass is 565 g/mol. The van der Waals surface area contributed by atoms with Crippen molar-refractivity contribution in [1.29, 1.82) is 0 Å². The average Bonchev–Trinajstić information content (AvgIpc) is 3.31. The minimum Gasteiger partial charge on any atom is -0.503 e. The minimum atomic E-state index is -0.840. The van der Waals surface area contributed by atoms with Gasteiger partial charge in [-0.3, -0.25) is 14.5 Å². The molecule has 0 bridgehead atoms. The number of aryl methyl sites for hydroxylation is 2. The minimum absolute atomic E-state index is 0.00719. The highest BCUT2D eigenvalue weighted by atomic mass is 79.9. The third-order valence-corrected chi connectivity index (χ3v) is 7.90. The van der Waals surface area contributed by atoms with Gasteiger partial charge in [0.15, 0.2) is 17.3 Å². The summed E-state index contributed by atoms with van der Waals surface area (Å²) >= 11 is 4.57. The van der Waals surface area contributed by atoms with E-state index < -0.39 is 23.5 Å². The van der Waals surface area contributed by atoms with Crippen molar-refractivity contribution in [3.8, 4) is 11.5 Å². The molecule has 3 heterocycles. The van der Waals surface area contributed by atoms with Crippen molar-refractivity contribution in [1.82, 2.24) is 14.8 Å². The fraction of sp³-hybridized carbons (Fsp3) is 0.458. The lowest BCUT2D eigenvalue weighted by Crippen LogP contribution is -2.39. The first-order chi connectivity index (χ1) is 16.7. The number of aromatic hydroxyl groups is 1. The van der Waals surface area contributed by atoms with Crippen LogP contribution in [0.2, 0.25) is 0 Å². The van der Waals surface area contributed by atoms with E-state index in [1.807, 2.05) is 0 Å². The van der Waals surface area contributed by atoms with Crippen LogP contribution in [0, 0.1) is 13.8 Å². The molecule has 35 heavy (non-hydrogen) atoms. The highest BCUT2D eigenvalue weighted by Gasteiger charge is 2.44. The Labute approximate surface area is 216 Å². The Balaban J connectivity index is 1.71. The lowest BCUT2D eigenvalue weighted by atomic mass is 9.94. The molecule has 1 amide bonds. The maximum atomic E-state index is 13.7. The number of hydrogen-bond donors (Lipinski definition) is 2. The number of ether oxygens (including phenoxy) is 2. The van der Waals surface area contributed by atoms with Crippen LogP contribution in [0.25, 0.3) is 0 Å². The molecular weight excluding hydrogens is 538 g/mol. The number of ketones is 1. The molecule has 1 atom stereocenters. The quantitative estimate of drug-likeness (QED) is 0.467. The van der Waals surface area contributed by atoms with Crippen molar-refractivity contribution < 1.29 is 29.3 Å². The fourth-order valence-corrected chi connectivity index (χ4v) is 5.86. The Bertz CT molecular complexity index is 1170. The fourth-order valence-electron chi connectivity index (χ4n) is 4.52. The Hall–Kier alpha value is -2.47. The van der Waals surface area contributed by atoms with Gasteiger partial charge >= 0.3 is 0 Å². The Morgan fingerprint density at radius 1 is 1.26 bits per heavy atom. The first-order valence-electron chi connectivity index (χ1n) is 11.3. The van der Waals surface area contributed by atoms with Gasteiger partial charge in [0.2, 0.25) is 5.78 Å². The second-order valence-electron chi connectivity index (χ2n) is 8.50. The molecule has 0 radical (unpaired) electrons. The average molecular weight is 566 g/mol. The zero-order chi connectivity index (χ0) is 25.3. The molecule has 11 heteroatoms. The maximum Gasteiger partial charge on any atom is 0.290 e. The molecule has 0 aliphatic carbocycles. The molecule has 1 aromatic heterocycles. The number of amides is 1. The number of Topliss-reactive ketones (excluding diaryl/α,β-unsaturated/α-hetero) is 1. The molecule has 4 rings (SSSR count). The van der Waals surface area contributed by atoms with E-state index >= 15 is 0 Å². The maximum absolute atomic E-state index is 13.7. The number of carbonyl (C=O) groups excluding carboxylic acids is 2. The lowest BCUT2D eigenvalue weighted by molar-refractivity contribution is -0.129. The number of morpholine rings is 1. The standard InChI is InChI=1S/C24H28BrN3O6S/c1-13-23(35-14(2)26-13)21(30)18-19(15-11-16(25)20(29)17(12-15)33-3)28(24(32)22(18)31)6-4-5-27-7-9-34-10-8-27/h11-12,19,29,31H,4-10H2,1-3H3. The van der Waals surface area contributed by atoms with Crippen molar-refractivity contribution in [2.24, 2.45) is 0 Å². The number of halogens is 1. The van der Waals surface area contributed by atoms with Crippen LogP contribution in [0.15, 0.2) is 27.9 Å². The van der Waals surface area contributed by atoms with Gasteiger partial charge in [0, 0.05) is 26.2 Å². The van der Waals surface area contributed by atoms with E-state index in [0.29, 0.717) is 46.8 Å². The molecule has 9 nitrogen and oxygen atoms in total. The molecule has 0 saturated carbocycles. The largest absolute Gasteiger partial charge is 0.503 e. The molecule has 188 valence electrons.